The standard InChI is InChI=1S/C23H34N4O5/c1-6-9-24-23(31)26(5)13-20-15(2)12-27(16(3)14-28)22(30)19-10-18(8-7-17(4)29)11-25-21(19)32-20/h10-11,15-17,20,28-29H,6,9,12-14H2,1-5H3,(H,24,31)/t15-,16+,17-,20-/m0/s1. The highest BCUT2D eigenvalue weighted by molar-refractivity contribution is 5.97. The fourth-order valence-electron chi connectivity index (χ4n) is 3.30. The Kier molecular flexibility index (Phi) is 9.29. The molecule has 3 amide bonds. The first kappa shape index (κ1) is 25.4. The Hall–Kier alpha value is -2.83. The molecule has 1 aromatic rings. The number of hydrogen-bond acceptors (Lipinski definition) is 6. The lowest BCUT2D eigenvalue weighted by Gasteiger charge is -2.37. The molecule has 0 aliphatic carbocycles. The zero-order valence-electron chi connectivity index (χ0n) is 19.5. The molecular formula is C23H34N4O5. The fourth-order valence-corrected chi connectivity index (χ4v) is 3.30. The van der Waals surface area contributed by atoms with Crippen LogP contribution in [0.3, 0.4) is 0 Å². The number of fused-ring (bicyclic) bond motifs is 1. The van der Waals surface area contributed by atoms with Crippen molar-refractivity contribution in [2.24, 2.45) is 5.92 Å². The molecule has 2 heterocycles. The van der Waals surface area contributed by atoms with Gasteiger partial charge in [-0.3, -0.25) is 4.79 Å². The molecule has 0 saturated heterocycles. The Morgan fingerprint density at radius 1 is 1.47 bits per heavy atom. The fraction of sp³-hybridized carbons (Fsp3) is 0.609. The Bertz CT molecular complexity index is 864. The van der Waals surface area contributed by atoms with Crippen LogP contribution in [-0.4, -0.2) is 88.5 Å². The Morgan fingerprint density at radius 3 is 2.81 bits per heavy atom. The van der Waals surface area contributed by atoms with Gasteiger partial charge in [0, 0.05) is 37.8 Å². The van der Waals surface area contributed by atoms with Gasteiger partial charge in [0.1, 0.15) is 17.8 Å². The van der Waals surface area contributed by atoms with Crippen molar-refractivity contribution in [3.05, 3.63) is 23.4 Å². The SMILES string of the molecule is CCCNC(=O)N(C)C[C@@H]1Oc2ncc(C#C[C@H](C)O)cc2C(=O)N([C@H](C)CO)C[C@@H]1C. The van der Waals surface area contributed by atoms with Gasteiger partial charge in [0.25, 0.3) is 5.91 Å². The lowest BCUT2D eigenvalue weighted by Crippen LogP contribution is -2.51. The van der Waals surface area contributed by atoms with E-state index >= 15 is 0 Å². The number of carbonyl (C=O) groups is 2. The number of ether oxygens (including phenoxy) is 1. The molecule has 1 aromatic heterocycles. The molecule has 0 aromatic carbocycles. The topological polar surface area (TPSA) is 115 Å². The van der Waals surface area contributed by atoms with Crippen molar-refractivity contribution in [1.82, 2.24) is 20.1 Å². The van der Waals surface area contributed by atoms with E-state index in [-0.39, 0.29) is 35.9 Å². The maximum atomic E-state index is 13.3. The minimum Gasteiger partial charge on any atom is -0.472 e. The molecular weight excluding hydrogens is 412 g/mol. The van der Waals surface area contributed by atoms with Crippen molar-refractivity contribution in [3.8, 4) is 17.7 Å². The maximum Gasteiger partial charge on any atom is 0.317 e. The van der Waals surface area contributed by atoms with E-state index in [1.54, 1.807) is 36.8 Å². The van der Waals surface area contributed by atoms with Gasteiger partial charge >= 0.3 is 6.03 Å². The zero-order valence-corrected chi connectivity index (χ0v) is 19.5. The molecule has 3 N–H and O–H groups in total. The van der Waals surface area contributed by atoms with Crippen molar-refractivity contribution in [1.29, 1.82) is 0 Å². The van der Waals surface area contributed by atoms with Crippen LogP contribution in [0.15, 0.2) is 12.3 Å². The third-order valence-electron chi connectivity index (χ3n) is 5.27. The second kappa shape index (κ2) is 11.7. The Balaban J connectivity index is 2.40. The molecule has 2 rings (SSSR count). The minimum atomic E-state index is -0.811. The van der Waals surface area contributed by atoms with Gasteiger partial charge in [0.15, 0.2) is 0 Å². The molecule has 0 unspecified atom stereocenters. The van der Waals surface area contributed by atoms with Crippen LogP contribution in [-0.2, 0) is 0 Å². The number of pyridine rings is 1. The van der Waals surface area contributed by atoms with E-state index in [9.17, 15) is 19.8 Å². The molecule has 1 aliphatic rings. The third-order valence-corrected chi connectivity index (χ3v) is 5.27. The highest BCUT2D eigenvalue weighted by Crippen LogP contribution is 2.27. The first-order valence-electron chi connectivity index (χ1n) is 10.9. The summed E-state index contributed by atoms with van der Waals surface area (Å²) in [6.45, 7) is 8.30. The van der Waals surface area contributed by atoms with Crippen LogP contribution >= 0.6 is 0 Å². The molecule has 0 fully saturated rings. The maximum absolute atomic E-state index is 13.3. The van der Waals surface area contributed by atoms with Gasteiger partial charge in [-0.25, -0.2) is 9.78 Å². The van der Waals surface area contributed by atoms with Crippen molar-refractivity contribution in [2.75, 3.05) is 33.3 Å². The van der Waals surface area contributed by atoms with Gasteiger partial charge in [-0.15, -0.1) is 0 Å². The van der Waals surface area contributed by atoms with Crippen molar-refractivity contribution in [3.63, 3.8) is 0 Å². The molecule has 0 saturated carbocycles. The van der Waals surface area contributed by atoms with Crippen molar-refractivity contribution >= 4 is 11.9 Å². The summed E-state index contributed by atoms with van der Waals surface area (Å²) in [5, 5.41) is 22.0. The molecule has 9 heteroatoms. The minimum absolute atomic E-state index is 0.126. The average Bonchev–Trinajstić information content (AvgIpc) is 2.77. The predicted molar refractivity (Wildman–Crippen MR) is 120 cm³/mol. The monoisotopic (exact) mass is 446 g/mol. The van der Waals surface area contributed by atoms with Crippen LogP contribution in [0.4, 0.5) is 4.79 Å². The molecule has 9 nitrogen and oxygen atoms in total. The molecule has 32 heavy (non-hydrogen) atoms. The number of rotatable bonds is 6. The summed E-state index contributed by atoms with van der Waals surface area (Å²) in [5.41, 5.74) is 0.706. The lowest BCUT2D eigenvalue weighted by atomic mass is 10.00. The van der Waals surface area contributed by atoms with Gasteiger partial charge < -0.3 is 30.1 Å². The normalized spacial score (nSPS) is 20.0. The first-order chi connectivity index (χ1) is 15.2. The number of aliphatic hydroxyl groups is 2. The molecule has 176 valence electrons. The van der Waals surface area contributed by atoms with E-state index in [2.05, 4.69) is 22.1 Å². The number of carbonyl (C=O) groups excluding carboxylic acids is 2. The summed E-state index contributed by atoms with van der Waals surface area (Å²) >= 11 is 0. The first-order valence-corrected chi connectivity index (χ1v) is 10.9. The molecule has 0 spiro atoms. The summed E-state index contributed by atoms with van der Waals surface area (Å²) in [5.74, 6) is 5.15. The summed E-state index contributed by atoms with van der Waals surface area (Å²) in [7, 11) is 1.70. The largest absolute Gasteiger partial charge is 0.472 e. The molecule has 1 aliphatic heterocycles. The summed E-state index contributed by atoms with van der Waals surface area (Å²) in [6, 6.07) is 0.981. The average molecular weight is 447 g/mol. The van der Waals surface area contributed by atoms with Crippen LogP contribution in [0, 0.1) is 17.8 Å². The zero-order chi connectivity index (χ0) is 23.8. The summed E-state index contributed by atoms with van der Waals surface area (Å²) in [6.07, 6.45) is 1.09. The second-order valence-corrected chi connectivity index (χ2v) is 8.26. The quantitative estimate of drug-likeness (QED) is 0.564. The van der Waals surface area contributed by atoms with E-state index in [1.165, 1.54) is 6.20 Å². The predicted octanol–water partition coefficient (Wildman–Crippen LogP) is 1.09. The Labute approximate surface area is 189 Å². The van der Waals surface area contributed by atoms with Crippen molar-refractivity contribution in [2.45, 2.75) is 52.4 Å². The van der Waals surface area contributed by atoms with E-state index in [4.69, 9.17) is 4.74 Å². The summed E-state index contributed by atoms with van der Waals surface area (Å²) in [4.78, 5) is 33.1. The number of hydrogen-bond donors (Lipinski definition) is 3. The third kappa shape index (κ3) is 6.58. The number of aliphatic hydroxyl groups excluding tert-OH is 2. The number of urea groups is 1. The number of aromatic nitrogens is 1. The summed E-state index contributed by atoms with van der Waals surface area (Å²) < 4.78 is 6.15. The van der Waals surface area contributed by atoms with Crippen molar-refractivity contribution < 1.29 is 24.5 Å². The lowest BCUT2D eigenvalue weighted by molar-refractivity contribution is 0.0352. The van der Waals surface area contributed by atoms with Crippen LogP contribution in [0.2, 0.25) is 0 Å². The molecule has 0 radical (unpaired) electrons. The van der Waals surface area contributed by atoms with Crippen LogP contribution in [0.1, 0.15) is 50.0 Å². The van der Waals surface area contributed by atoms with Gasteiger partial charge in [-0.05, 0) is 26.3 Å². The van der Waals surface area contributed by atoms with E-state index in [1.807, 2.05) is 13.8 Å². The van der Waals surface area contributed by atoms with E-state index in [0.717, 1.165) is 6.42 Å². The van der Waals surface area contributed by atoms with Gasteiger partial charge in [-0.1, -0.05) is 25.7 Å². The molecule has 0 bridgehead atoms. The van der Waals surface area contributed by atoms with Crippen LogP contribution < -0.4 is 10.1 Å². The van der Waals surface area contributed by atoms with Gasteiger partial charge in [0.05, 0.1) is 19.2 Å². The number of likely N-dealkylation sites (N-methyl/N-ethyl adjacent to an activating group) is 1. The smallest absolute Gasteiger partial charge is 0.317 e. The Morgan fingerprint density at radius 2 is 2.19 bits per heavy atom. The highest BCUT2D eigenvalue weighted by atomic mass is 16.5. The van der Waals surface area contributed by atoms with Crippen LogP contribution in [0.5, 0.6) is 5.88 Å². The highest BCUT2D eigenvalue weighted by Gasteiger charge is 2.34. The second-order valence-electron chi connectivity index (χ2n) is 8.26. The van der Waals surface area contributed by atoms with Gasteiger partial charge in [-0.2, -0.15) is 0 Å². The van der Waals surface area contributed by atoms with E-state index < -0.39 is 18.2 Å². The molecule has 4 atom stereocenters. The number of nitrogens with one attached hydrogen (secondary N) is 1. The number of nitrogens with zero attached hydrogens (tertiary/aromatic N) is 3. The van der Waals surface area contributed by atoms with Crippen LogP contribution in [0.25, 0.3) is 0 Å². The number of amides is 3. The van der Waals surface area contributed by atoms with E-state index in [0.29, 0.717) is 25.2 Å². The van der Waals surface area contributed by atoms with Gasteiger partial charge in [0.2, 0.25) is 5.88 Å².